The Labute approximate surface area is 137 Å². The predicted molar refractivity (Wildman–Crippen MR) is 89.8 cm³/mol. The van der Waals surface area contributed by atoms with Gasteiger partial charge in [0, 0.05) is 49.7 Å². The molecule has 6 heteroatoms. The number of hydrogen-bond donors (Lipinski definition) is 0. The van der Waals surface area contributed by atoms with Gasteiger partial charge in [-0.15, -0.1) is 0 Å². The van der Waals surface area contributed by atoms with Crippen molar-refractivity contribution in [1.82, 2.24) is 19.9 Å². The number of ether oxygens (including phenoxy) is 1. The van der Waals surface area contributed by atoms with Crippen LogP contribution in [0.2, 0.25) is 0 Å². The van der Waals surface area contributed by atoms with E-state index in [2.05, 4.69) is 37.9 Å². The summed E-state index contributed by atoms with van der Waals surface area (Å²) in [5, 5.41) is 0. The summed E-state index contributed by atoms with van der Waals surface area (Å²) in [5.41, 5.74) is 2.24. The fraction of sp³-hybridized carbons (Fsp3) is 0.471. The summed E-state index contributed by atoms with van der Waals surface area (Å²) >= 11 is 0. The van der Waals surface area contributed by atoms with E-state index in [1.807, 2.05) is 26.0 Å². The van der Waals surface area contributed by atoms with Crippen LogP contribution in [0.5, 0.6) is 5.88 Å². The van der Waals surface area contributed by atoms with Crippen LogP contribution >= 0.6 is 0 Å². The van der Waals surface area contributed by atoms with Crippen LogP contribution in [-0.4, -0.2) is 53.1 Å². The van der Waals surface area contributed by atoms with Gasteiger partial charge in [-0.1, -0.05) is 0 Å². The van der Waals surface area contributed by atoms with Crippen LogP contribution in [0, 0.1) is 13.8 Å². The zero-order valence-electron chi connectivity index (χ0n) is 14.2. The number of nitrogens with zero attached hydrogens (tertiary/aromatic N) is 5. The highest BCUT2D eigenvalue weighted by Crippen LogP contribution is 2.23. The molecule has 2 aromatic rings. The van der Waals surface area contributed by atoms with Crippen LogP contribution in [0.15, 0.2) is 24.4 Å². The molecule has 0 aromatic carbocycles. The van der Waals surface area contributed by atoms with Gasteiger partial charge in [-0.25, -0.2) is 15.0 Å². The van der Waals surface area contributed by atoms with E-state index in [9.17, 15) is 0 Å². The van der Waals surface area contributed by atoms with E-state index >= 15 is 0 Å². The van der Waals surface area contributed by atoms with Crippen molar-refractivity contribution >= 4 is 5.82 Å². The number of aromatic nitrogens is 3. The van der Waals surface area contributed by atoms with Crippen molar-refractivity contribution in [2.24, 2.45) is 0 Å². The molecule has 0 saturated carbocycles. The Morgan fingerprint density at radius 3 is 2.74 bits per heavy atom. The molecule has 1 aliphatic heterocycles. The highest BCUT2D eigenvalue weighted by Gasteiger charge is 2.31. The first-order chi connectivity index (χ1) is 11.0. The highest BCUT2D eigenvalue weighted by atomic mass is 16.5. The average Bonchev–Trinajstić information content (AvgIpc) is 2.44. The van der Waals surface area contributed by atoms with E-state index in [1.165, 1.54) is 5.56 Å². The number of aryl methyl sites for hydroxylation is 2. The second-order valence-electron chi connectivity index (χ2n) is 6.10. The number of likely N-dealkylation sites (N-methyl/N-ethyl adjacent to an activating group) is 1. The van der Waals surface area contributed by atoms with Gasteiger partial charge in [0.15, 0.2) is 0 Å². The van der Waals surface area contributed by atoms with Gasteiger partial charge in [0.25, 0.3) is 0 Å². The molecule has 0 radical (unpaired) electrons. The van der Waals surface area contributed by atoms with Crippen LogP contribution in [0.3, 0.4) is 0 Å². The molecule has 3 rings (SSSR count). The van der Waals surface area contributed by atoms with Crippen LogP contribution in [0.1, 0.15) is 17.1 Å². The fourth-order valence-electron chi connectivity index (χ4n) is 2.86. The van der Waals surface area contributed by atoms with Gasteiger partial charge >= 0.3 is 0 Å². The third kappa shape index (κ3) is 3.59. The molecule has 0 aliphatic carbocycles. The zero-order valence-corrected chi connectivity index (χ0v) is 14.2. The molecule has 1 fully saturated rings. The molecule has 122 valence electrons. The van der Waals surface area contributed by atoms with Gasteiger partial charge in [0.05, 0.1) is 7.11 Å². The molecule has 3 heterocycles. The van der Waals surface area contributed by atoms with Crippen molar-refractivity contribution in [3.05, 3.63) is 41.5 Å². The topological polar surface area (TPSA) is 54.4 Å². The van der Waals surface area contributed by atoms with Crippen LogP contribution in [0.25, 0.3) is 0 Å². The molecule has 23 heavy (non-hydrogen) atoms. The zero-order chi connectivity index (χ0) is 16.4. The van der Waals surface area contributed by atoms with Gasteiger partial charge in [0.1, 0.15) is 11.6 Å². The van der Waals surface area contributed by atoms with Crippen molar-refractivity contribution in [2.75, 3.05) is 32.1 Å². The second-order valence-corrected chi connectivity index (χ2v) is 6.10. The molecule has 6 nitrogen and oxygen atoms in total. The molecule has 0 atom stereocenters. The number of rotatable bonds is 5. The van der Waals surface area contributed by atoms with Gasteiger partial charge in [-0.05, 0) is 32.5 Å². The van der Waals surface area contributed by atoms with Gasteiger partial charge in [0.2, 0.25) is 5.88 Å². The Kier molecular flexibility index (Phi) is 4.43. The van der Waals surface area contributed by atoms with E-state index in [4.69, 9.17) is 4.74 Å². The maximum atomic E-state index is 5.18. The monoisotopic (exact) mass is 313 g/mol. The lowest BCUT2D eigenvalue weighted by atomic mass is 10.1. The summed E-state index contributed by atoms with van der Waals surface area (Å²) in [6, 6.07) is 6.61. The maximum Gasteiger partial charge on any atom is 0.213 e. The lowest BCUT2D eigenvalue weighted by Crippen LogP contribution is -2.58. The Hall–Kier alpha value is -2.21. The maximum absolute atomic E-state index is 5.18. The van der Waals surface area contributed by atoms with Crippen LogP contribution < -0.4 is 9.64 Å². The van der Waals surface area contributed by atoms with Crippen molar-refractivity contribution in [3.63, 3.8) is 0 Å². The standard InChI is InChI=1S/C17H23N5O/c1-12-7-16(20-13(2)19-12)22-10-15(11-22)21(3)9-14-5-6-18-17(8-14)23-4/h5-8,15H,9-11H2,1-4H3. The van der Waals surface area contributed by atoms with E-state index in [0.29, 0.717) is 11.9 Å². The molecule has 1 saturated heterocycles. The average molecular weight is 313 g/mol. The minimum Gasteiger partial charge on any atom is -0.481 e. The van der Waals surface area contributed by atoms with Crippen LogP contribution in [0.4, 0.5) is 5.82 Å². The smallest absolute Gasteiger partial charge is 0.213 e. The first kappa shape index (κ1) is 15.7. The van der Waals surface area contributed by atoms with Gasteiger partial charge in [-0.2, -0.15) is 0 Å². The van der Waals surface area contributed by atoms with E-state index < -0.39 is 0 Å². The van der Waals surface area contributed by atoms with E-state index in [0.717, 1.165) is 37.0 Å². The van der Waals surface area contributed by atoms with E-state index in [1.54, 1.807) is 13.3 Å². The summed E-state index contributed by atoms with van der Waals surface area (Å²) in [7, 11) is 3.80. The first-order valence-corrected chi connectivity index (χ1v) is 7.81. The number of pyridine rings is 1. The lowest BCUT2D eigenvalue weighted by molar-refractivity contribution is 0.196. The molecular weight excluding hydrogens is 290 g/mol. The summed E-state index contributed by atoms with van der Waals surface area (Å²) in [5.74, 6) is 2.53. The minimum atomic E-state index is 0.532. The molecule has 0 N–H and O–H groups in total. The first-order valence-electron chi connectivity index (χ1n) is 7.81. The predicted octanol–water partition coefficient (Wildman–Crippen LogP) is 1.82. The van der Waals surface area contributed by atoms with Gasteiger partial charge in [-0.3, -0.25) is 4.90 Å². The summed E-state index contributed by atoms with van der Waals surface area (Å²) in [6.07, 6.45) is 1.79. The Morgan fingerprint density at radius 1 is 1.26 bits per heavy atom. The van der Waals surface area contributed by atoms with Crippen molar-refractivity contribution in [1.29, 1.82) is 0 Å². The summed E-state index contributed by atoms with van der Waals surface area (Å²) in [4.78, 5) is 17.7. The third-order valence-corrected chi connectivity index (χ3v) is 4.20. The Balaban J connectivity index is 1.58. The molecule has 2 aromatic heterocycles. The quantitative estimate of drug-likeness (QED) is 0.839. The molecule has 1 aliphatic rings. The molecule has 0 amide bonds. The van der Waals surface area contributed by atoms with Crippen molar-refractivity contribution in [2.45, 2.75) is 26.4 Å². The summed E-state index contributed by atoms with van der Waals surface area (Å²) < 4.78 is 5.18. The van der Waals surface area contributed by atoms with Crippen LogP contribution in [-0.2, 0) is 6.54 Å². The molecule has 0 unspecified atom stereocenters. The summed E-state index contributed by atoms with van der Waals surface area (Å²) in [6.45, 7) is 6.83. The number of anilines is 1. The second kappa shape index (κ2) is 6.50. The third-order valence-electron chi connectivity index (χ3n) is 4.20. The van der Waals surface area contributed by atoms with Crippen molar-refractivity contribution < 1.29 is 4.74 Å². The molecule has 0 spiro atoms. The molecule has 0 bridgehead atoms. The van der Waals surface area contributed by atoms with Crippen molar-refractivity contribution in [3.8, 4) is 5.88 Å². The lowest BCUT2D eigenvalue weighted by Gasteiger charge is -2.44. The number of methoxy groups -OCH3 is 1. The normalized spacial score (nSPS) is 14.9. The minimum absolute atomic E-state index is 0.532. The van der Waals surface area contributed by atoms with Gasteiger partial charge < -0.3 is 9.64 Å². The molecular formula is C17H23N5O. The largest absolute Gasteiger partial charge is 0.481 e. The fourth-order valence-corrected chi connectivity index (χ4v) is 2.86. The number of hydrogen-bond acceptors (Lipinski definition) is 6. The Morgan fingerprint density at radius 2 is 2.04 bits per heavy atom. The van der Waals surface area contributed by atoms with E-state index in [-0.39, 0.29) is 0 Å². The SMILES string of the molecule is COc1cc(CN(C)C2CN(c3cc(C)nc(C)n3)C2)ccn1. The highest BCUT2D eigenvalue weighted by molar-refractivity contribution is 5.43. The Bertz CT molecular complexity index is 664.